The third-order valence-corrected chi connectivity index (χ3v) is 2.89. The number of esters is 1. The maximum atomic E-state index is 11.7. The van der Waals surface area contributed by atoms with Crippen LogP contribution in [-0.4, -0.2) is 31.6 Å². The number of hydrogen-bond donors (Lipinski definition) is 2. The van der Waals surface area contributed by atoms with Crippen LogP contribution in [0.15, 0.2) is 24.3 Å². The lowest BCUT2D eigenvalue weighted by molar-refractivity contribution is -0.142. The fourth-order valence-corrected chi connectivity index (χ4v) is 1.77. The van der Waals surface area contributed by atoms with Gasteiger partial charge in [0.2, 0.25) is 0 Å². The van der Waals surface area contributed by atoms with Crippen LogP contribution >= 0.6 is 0 Å². The number of nitrogens with one attached hydrogen (secondary N) is 2. The molecule has 0 saturated carbocycles. The van der Waals surface area contributed by atoms with E-state index in [1.165, 1.54) is 0 Å². The predicted molar refractivity (Wildman–Crippen MR) is 82.0 cm³/mol. The minimum Gasteiger partial charge on any atom is -0.466 e. The van der Waals surface area contributed by atoms with E-state index >= 15 is 0 Å². The van der Waals surface area contributed by atoms with E-state index in [4.69, 9.17) is 4.74 Å². The van der Waals surface area contributed by atoms with Gasteiger partial charge in [0.15, 0.2) is 0 Å². The van der Waals surface area contributed by atoms with Gasteiger partial charge in [0.1, 0.15) is 0 Å². The van der Waals surface area contributed by atoms with Crippen molar-refractivity contribution in [3.63, 3.8) is 0 Å². The molecule has 0 saturated heterocycles. The third kappa shape index (κ3) is 6.90. The molecule has 0 aromatic heterocycles. The first kappa shape index (κ1) is 17.2. The molecule has 5 heteroatoms. The van der Waals surface area contributed by atoms with Crippen LogP contribution in [0, 0.1) is 0 Å². The molecular formula is C16H24N2O3. The number of carbonyl (C=O) groups is 2. The Balaban J connectivity index is 2.31. The first-order valence-corrected chi connectivity index (χ1v) is 7.40. The Labute approximate surface area is 126 Å². The van der Waals surface area contributed by atoms with E-state index in [0.29, 0.717) is 38.2 Å². The monoisotopic (exact) mass is 292 g/mol. The van der Waals surface area contributed by atoms with Crippen molar-refractivity contribution in [2.24, 2.45) is 0 Å². The molecular weight excluding hydrogens is 268 g/mol. The molecule has 1 aromatic carbocycles. The molecule has 116 valence electrons. The third-order valence-electron chi connectivity index (χ3n) is 2.89. The van der Waals surface area contributed by atoms with Crippen LogP contribution in [0.3, 0.4) is 0 Å². The minimum absolute atomic E-state index is 0.0429. The number of benzene rings is 1. The molecule has 0 radical (unpaired) electrons. The summed E-state index contributed by atoms with van der Waals surface area (Å²) in [4.78, 5) is 22.9. The van der Waals surface area contributed by atoms with Crippen molar-refractivity contribution in [2.75, 3.05) is 19.7 Å². The molecule has 2 N–H and O–H groups in total. The molecule has 0 spiro atoms. The Morgan fingerprint density at radius 2 is 1.81 bits per heavy atom. The molecule has 0 atom stereocenters. The fraction of sp³-hybridized carbons (Fsp3) is 0.500. The second-order valence-corrected chi connectivity index (χ2v) is 4.68. The summed E-state index contributed by atoms with van der Waals surface area (Å²) in [5.41, 5.74) is 1.74. The van der Waals surface area contributed by atoms with Crippen molar-refractivity contribution < 1.29 is 14.3 Å². The van der Waals surface area contributed by atoms with E-state index in [1.807, 2.05) is 31.2 Å². The standard InChI is InChI=1S/C16H24N2O3/c1-3-10-18-16(20)14-7-5-13(6-8-14)12-17-11-9-15(19)21-4-2/h5-8,17H,3-4,9-12H2,1-2H3,(H,18,20). The van der Waals surface area contributed by atoms with Crippen molar-refractivity contribution in [2.45, 2.75) is 33.2 Å². The van der Waals surface area contributed by atoms with Gasteiger partial charge >= 0.3 is 5.97 Å². The van der Waals surface area contributed by atoms with E-state index in [1.54, 1.807) is 6.92 Å². The number of carbonyl (C=O) groups excluding carboxylic acids is 2. The maximum absolute atomic E-state index is 11.7. The Morgan fingerprint density at radius 3 is 2.43 bits per heavy atom. The zero-order valence-corrected chi connectivity index (χ0v) is 12.8. The summed E-state index contributed by atoms with van der Waals surface area (Å²) in [5.74, 6) is -0.230. The van der Waals surface area contributed by atoms with E-state index in [9.17, 15) is 9.59 Å². The normalized spacial score (nSPS) is 10.2. The average molecular weight is 292 g/mol. The summed E-state index contributed by atoms with van der Waals surface area (Å²) in [5, 5.41) is 6.01. The molecule has 0 aliphatic heterocycles. The first-order chi connectivity index (χ1) is 10.2. The predicted octanol–water partition coefficient (Wildman–Crippen LogP) is 1.87. The lowest BCUT2D eigenvalue weighted by Gasteiger charge is -2.07. The Bertz CT molecular complexity index is 443. The molecule has 0 bridgehead atoms. The summed E-state index contributed by atoms with van der Waals surface area (Å²) in [6.45, 7) is 6.17. The van der Waals surface area contributed by atoms with Crippen LogP contribution in [0.25, 0.3) is 0 Å². The molecule has 1 rings (SSSR count). The summed E-state index contributed by atoms with van der Waals surface area (Å²) >= 11 is 0. The largest absolute Gasteiger partial charge is 0.466 e. The van der Waals surface area contributed by atoms with Crippen molar-refractivity contribution >= 4 is 11.9 Å². The smallest absolute Gasteiger partial charge is 0.307 e. The zero-order valence-electron chi connectivity index (χ0n) is 12.8. The van der Waals surface area contributed by atoms with Crippen molar-refractivity contribution in [3.05, 3.63) is 35.4 Å². The summed E-state index contributed by atoms with van der Waals surface area (Å²) in [6.07, 6.45) is 1.29. The van der Waals surface area contributed by atoms with Crippen LogP contribution in [-0.2, 0) is 16.1 Å². The summed E-state index contributed by atoms with van der Waals surface area (Å²) < 4.78 is 4.85. The highest BCUT2D eigenvalue weighted by Crippen LogP contribution is 2.04. The van der Waals surface area contributed by atoms with Gasteiger partial charge in [-0.05, 0) is 31.0 Å². The van der Waals surface area contributed by atoms with Crippen molar-refractivity contribution in [3.8, 4) is 0 Å². The molecule has 0 aliphatic carbocycles. The van der Waals surface area contributed by atoms with Gasteiger partial charge in [0, 0.05) is 25.2 Å². The summed E-state index contributed by atoms with van der Waals surface area (Å²) in [6, 6.07) is 7.46. The quantitative estimate of drug-likeness (QED) is 0.538. The molecule has 1 amide bonds. The van der Waals surface area contributed by atoms with Gasteiger partial charge in [-0.1, -0.05) is 19.1 Å². The van der Waals surface area contributed by atoms with Gasteiger partial charge in [-0.2, -0.15) is 0 Å². The van der Waals surface area contributed by atoms with Gasteiger partial charge < -0.3 is 15.4 Å². The van der Waals surface area contributed by atoms with E-state index in [-0.39, 0.29) is 11.9 Å². The van der Waals surface area contributed by atoms with E-state index < -0.39 is 0 Å². The molecule has 1 aromatic rings. The van der Waals surface area contributed by atoms with Gasteiger partial charge in [-0.15, -0.1) is 0 Å². The van der Waals surface area contributed by atoms with Crippen molar-refractivity contribution in [1.82, 2.24) is 10.6 Å². The first-order valence-electron chi connectivity index (χ1n) is 7.40. The molecule has 0 fully saturated rings. The number of amides is 1. The van der Waals surface area contributed by atoms with Gasteiger partial charge in [-0.3, -0.25) is 9.59 Å². The van der Waals surface area contributed by atoms with Crippen LogP contribution in [0.5, 0.6) is 0 Å². The van der Waals surface area contributed by atoms with Gasteiger partial charge in [-0.25, -0.2) is 0 Å². The minimum atomic E-state index is -0.187. The molecule has 0 aliphatic rings. The number of ether oxygens (including phenoxy) is 1. The zero-order chi connectivity index (χ0) is 15.5. The Morgan fingerprint density at radius 1 is 1.10 bits per heavy atom. The maximum Gasteiger partial charge on any atom is 0.307 e. The van der Waals surface area contributed by atoms with E-state index in [2.05, 4.69) is 10.6 Å². The second-order valence-electron chi connectivity index (χ2n) is 4.68. The van der Waals surface area contributed by atoms with Crippen molar-refractivity contribution in [1.29, 1.82) is 0 Å². The molecule has 5 nitrogen and oxygen atoms in total. The highest BCUT2D eigenvalue weighted by molar-refractivity contribution is 5.94. The molecule has 21 heavy (non-hydrogen) atoms. The molecule has 0 heterocycles. The SMILES string of the molecule is CCCNC(=O)c1ccc(CNCCC(=O)OCC)cc1. The Hall–Kier alpha value is -1.88. The highest BCUT2D eigenvalue weighted by Gasteiger charge is 2.04. The highest BCUT2D eigenvalue weighted by atomic mass is 16.5. The summed E-state index contributed by atoms with van der Waals surface area (Å²) in [7, 11) is 0. The number of hydrogen-bond acceptors (Lipinski definition) is 4. The average Bonchev–Trinajstić information content (AvgIpc) is 2.50. The molecule has 0 unspecified atom stereocenters. The Kier molecular flexibility index (Phi) is 8.12. The topological polar surface area (TPSA) is 67.4 Å². The van der Waals surface area contributed by atoms with Crippen LogP contribution in [0.1, 0.15) is 42.6 Å². The van der Waals surface area contributed by atoms with E-state index in [0.717, 1.165) is 12.0 Å². The van der Waals surface area contributed by atoms with Gasteiger partial charge in [0.25, 0.3) is 5.91 Å². The lowest BCUT2D eigenvalue weighted by Crippen LogP contribution is -2.24. The van der Waals surface area contributed by atoms with Crippen LogP contribution in [0.4, 0.5) is 0 Å². The van der Waals surface area contributed by atoms with Crippen LogP contribution in [0.2, 0.25) is 0 Å². The van der Waals surface area contributed by atoms with Crippen LogP contribution < -0.4 is 10.6 Å². The van der Waals surface area contributed by atoms with Gasteiger partial charge in [0.05, 0.1) is 13.0 Å². The lowest BCUT2D eigenvalue weighted by atomic mass is 10.1. The fourth-order valence-electron chi connectivity index (χ4n) is 1.77. The second kappa shape index (κ2) is 9.94. The number of rotatable bonds is 9.